The van der Waals surface area contributed by atoms with Crippen LogP contribution in [0.4, 0.5) is 5.69 Å². The van der Waals surface area contributed by atoms with E-state index in [1.54, 1.807) is 0 Å². The molecule has 1 N–H and O–H groups in total. The maximum absolute atomic E-state index is 11.7. The monoisotopic (exact) mass is 263 g/mol. The van der Waals surface area contributed by atoms with Crippen LogP contribution in [0.1, 0.15) is 35.7 Å². The number of carbonyl (C=O) groups excluding carboxylic acids is 1. The highest BCUT2D eigenvalue weighted by Crippen LogP contribution is 2.22. The van der Waals surface area contributed by atoms with E-state index in [1.807, 2.05) is 25.1 Å². The summed E-state index contributed by atoms with van der Waals surface area (Å²) in [7, 11) is 1.40. The molecule has 1 saturated heterocycles. The minimum atomic E-state index is -0.313. The number of methoxy groups -OCH3 is 1. The summed E-state index contributed by atoms with van der Waals surface area (Å²) >= 11 is 0. The molecule has 0 spiro atoms. The lowest BCUT2D eigenvalue weighted by Gasteiger charge is -2.15. The lowest BCUT2D eigenvalue weighted by atomic mass is 10.1. The van der Waals surface area contributed by atoms with Gasteiger partial charge >= 0.3 is 5.97 Å². The number of carbonyl (C=O) groups is 1. The number of rotatable bonds is 4. The van der Waals surface area contributed by atoms with Crippen LogP contribution in [0, 0.1) is 6.92 Å². The van der Waals surface area contributed by atoms with Gasteiger partial charge in [0.2, 0.25) is 0 Å². The standard InChI is InChI=1S/C15H21NO3/c1-10-4-7-14(13(8-10)15(17)18-3)16-9-12-6-5-11(2)19-12/h4,7-8,11-12,16H,5-6,9H2,1-3H3. The summed E-state index contributed by atoms with van der Waals surface area (Å²) in [6.07, 6.45) is 2.73. The van der Waals surface area contributed by atoms with E-state index in [2.05, 4.69) is 12.2 Å². The summed E-state index contributed by atoms with van der Waals surface area (Å²) in [5.41, 5.74) is 2.42. The van der Waals surface area contributed by atoms with Crippen LogP contribution in [0.2, 0.25) is 0 Å². The second-order valence-electron chi connectivity index (χ2n) is 5.07. The Bertz CT molecular complexity index is 459. The van der Waals surface area contributed by atoms with Gasteiger partial charge in [-0.15, -0.1) is 0 Å². The molecule has 1 aromatic carbocycles. The quantitative estimate of drug-likeness (QED) is 0.849. The normalized spacial score (nSPS) is 22.3. The van der Waals surface area contributed by atoms with Crippen LogP contribution in [0.3, 0.4) is 0 Å². The highest BCUT2D eigenvalue weighted by Gasteiger charge is 2.22. The minimum Gasteiger partial charge on any atom is -0.465 e. The van der Waals surface area contributed by atoms with Gasteiger partial charge in [0.25, 0.3) is 0 Å². The minimum absolute atomic E-state index is 0.224. The highest BCUT2D eigenvalue weighted by atomic mass is 16.5. The van der Waals surface area contributed by atoms with E-state index in [-0.39, 0.29) is 12.1 Å². The molecule has 1 aliphatic heterocycles. The summed E-state index contributed by atoms with van der Waals surface area (Å²) in [6, 6.07) is 5.74. The van der Waals surface area contributed by atoms with Crippen molar-refractivity contribution in [1.29, 1.82) is 0 Å². The van der Waals surface area contributed by atoms with E-state index in [9.17, 15) is 4.79 Å². The molecule has 2 atom stereocenters. The molecule has 0 amide bonds. The molecule has 1 fully saturated rings. The zero-order chi connectivity index (χ0) is 13.8. The van der Waals surface area contributed by atoms with Gasteiger partial charge in [0, 0.05) is 12.2 Å². The van der Waals surface area contributed by atoms with Crippen molar-refractivity contribution < 1.29 is 14.3 Å². The molecule has 0 aromatic heterocycles. The topological polar surface area (TPSA) is 47.6 Å². The Balaban J connectivity index is 2.05. The largest absolute Gasteiger partial charge is 0.465 e. The van der Waals surface area contributed by atoms with Crippen molar-refractivity contribution in [1.82, 2.24) is 0 Å². The molecule has 4 heteroatoms. The Hall–Kier alpha value is -1.55. The molecule has 4 nitrogen and oxygen atoms in total. The van der Waals surface area contributed by atoms with Gasteiger partial charge < -0.3 is 14.8 Å². The van der Waals surface area contributed by atoms with E-state index in [0.717, 1.165) is 30.6 Å². The third-order valence-corrected chi connectivity index (χ3v) is 3.42. The van der Waals surface area contributed by atoms with Crippen molar-refractivity contribution in [2.24, 2.45) is 0 Å². The van der Waals surface area contributed by atoms with Gasteiger partial charge in [0.15, 0.2) is 0 Å². The van der Waals surface area contributed by atoms with Crippen LogP contribution in [-0.2, 0) is 9.47 Å². The second-order valence-corrected chi connectivity index (χ2v) is 5.07. The molecule has 2 rings (SSSR count). The maximum Gasteiger partial charge on any atom is 0.339 e. The Morgan fingerprint density at radius 2 is 2.26 bits per heavy atom. The van der Waals surface area contributed by atoms with Crippen molar-refractivity contribution in [3.63, 3.8) is 0 Å². The fraction of sp³-hybridized carbons (Fsp3) is 0.533. The first-order chi connectivity index (χ1) is 9.10. The summed E-state index contributed by atoms with van der Waals surface area (Å²) in [6.45, 7) is 4.77. The fourth-order valence-corrected chi connectivity index (χ4v) is 2.35. The Kier molecular flexibility index (Phi) is 4.43. The lowest BCUT2D eigenvalue weighted by Crippen LogP contribution is -2.21. The Labute approximate surface area is 114 Å². The molecular weight excluding hydrogens is 242 g/mol. The van der Waals surface area contributed by atoms with Gasteiger partial charge in [0.05, 0.1) is 24.9 Å². The molecule has 0 radical (unpaired) electrons. The van der Waals surface area contributed by atoms with Crippen molar-refractivity contribution >= 4 is 11.7 Å². The van der Waals surface area contributed by atoms with Gasteiger partial charge in [-0.2, -0.15) is 0 Å². The summed E-state index contributed by atoms with van der Waals surface area (Å²) in [4.78, 5) is 11.7. The van der Waals surface area contributed by atoms with E-state index in [0.29, 0.717) is 11.7 Å². The van der Waals surface area contributed by atoms with Gasteiger partial charge in [-0.1, -0.05) is 11.6 Å². The number of anilines is 1. The van der Waals surface area contributed by atoms with Gasteiger partial charge in [-0.3, -0.25) is 0 Å². The third-order valence-electron chi connectivity index (χ3n) is 3.42. The van der Waals surface area contributed by atoms with Crippen molar-refractivity contribution in [2.45, 2.75) is 38.9 Å². The van der Waals surface area contributed by atoms with E-state index >= 15 is 0 Å². The van der Waals surface area contributed by atoms with E-state index in [1.165, 1.54) is 7.11 Å². The smallest absolute Gasteiger partial charge is 0.339 e. The fourth-order valence-electron chi connectivity index (χ4n) is 2.35. The van der Waals surface area contributed by atoms with Crippen LogP contribution in [0.5, 0.6) is 0 Å². The van der Waals surface area contributed by atoms with Crippen LogP contribution in [0.15, 0.2) is 18.2 Å². The van der Waals surface area contributed by atoms with E-state index in [4.69, 9.17) is 9.47 Å². The first kappa shape index (κ1) is 13.9. The number of hydrogen-bond acceptors (Lipinski definition) is 4. The average Bonchev–Trinajstić information content (AvgIpc) is 2.82. The zero-order valence-electron chi connectivity index (χ0n) is 11.7. The molecule has 104 valence electrons. The first-order valence-electron chi connectivity index (χ1n) is 6.68. The number of ether oxygens (including phenoxy) is 2. The molecule has 1 aromatic rings. The predicted molar refractivity (Wildman–Crippen MR) is 74.6 cm³/mol. The highest BCUT2D eigenvalue weighted by molar-refractivity contribution is 5.95. The zero-order valence-corrected chi connectivity index (χ0v) is 11.7. The number of aryl methyl sites for hydroxylation is 1. The summed E-state index contributed by atoms with van der Waals surface area (Å²) < 4.78 is 10.6. The molecule has 19 heavy (non-hydrogen) atoms. The maximum atomic E-state index is 11.7. The SMILES string of the molecule is COC(=O)c1cc(C)ccc1NCC1CCC(C)O1. The average molecular weight is 263 g/mol. The van der Waals surface area contributed by atoms with Crippen molar-refractivity contribution in [2.75, 3.05) is 19.0 Å². The summed E-state index contributed by atoms with van der Waals surface area (Å²) in [5.74, 6) is -0.313. The van der Waals surface area contributed by atoms with Gasteiger partial charge in [-0.25, -0.2) is 4.79 Å². The van der Waals surface area contributed by atoms with Crippen LogP contribution >= 0.6 is 0 Å². The molecular formula is C15H21NO3. The Morgan fingerprint density at radius 1 is 1.47 bits per heavy atom. The van der Waals surface area contributed by atoms with Crippen LogP contribution < -0.4 is 5.32 Å². The molecule has 0 saturated carbocycles. The number of nitrogens with one attached hydrogen (secondary N) is 1. The van der Waals surface area contributed by atoms with E-state index < -0.39 is 0 Å². The predicted octanol–water partition coefficient (Wildman–Crippen LogP) is 2.76. The molecule has 1 heterocycles. The summed E-state index contributed by atoms with van der Waals surface area (Å²) in [5, 5.41) is 3.29. The second kappa shape index (κ2) is 6.06. The molecule has 1 aliphatic rings. The molecule has 0 aliphatic carbocycles. The van der Waals surface area contributed by atoms with Crippen molar-refractivity contribution in [3.8, 4) is 0 Å². The van der Waals surface area contributed by atoms with Gasteiger partial charge in [0.1, 0.15) is 0 Å². The first-order valence-corrected chi connectivity index (χ1v) is 6.68. The molecule has 0 bridgehead atoms. The number of benzene rings is 1. The molecule has 2 unspecified atom stereocenters. The Morgan fingerprint density at radius 3 is 2.89 bits per heavy atom. The van der Waals surface area contributed by atoms with Gasteiger partial charge in [-0.05, 0) is 38.8 Å². The number of esters is 1. The third kappa shape index (κ3) is 3.47. The lowest BCUT2D eigenvalue weighted by molar-refractivity contribution is 0.0596. The van der Waals surface area contributed by atoms with Crippen molar-refractivity contribution in [3.05, 3.63) is 29.3 Å². The van der Waals surface area contributed by atoms with Crippen LogP contribution in [-0.4, -0.2) is 31.8 Å². The number of hydrogen-bond donors (Lipinski definition) is 1. The van der Waals surface area contributed by atoms with Crippen LogP contribution in [0.25, 0.3) is 0 Å².